The predicted molar refractivity (Wildman–Crippen MR) is 110 cm³/mol. The van der Waals surface area contributed by atoms with E-state index in [-0.39, 0.29) is 22.1 Å². The van der Waals surface area contributed by atoms with Crippen LogP contribution in [0.25, 0.3) is 0 Å². The third kappa shape index (κ3) is 4.65. The second kappa shape index (κ2) is 8.75. The van der Waals surface area contributed by atoms with Crippen LogP contribution in [0.15, 0.2) is 53.4 Å². The Bertz CT molecular complexity index is 996. The Morgan fingerprint density at radius 1 is 0.966 bits per heavy atom. The maximum atomic E-state index is 12.9. The molecule has 1 fully saturated rings. The molecule has 0 spiro atoms. The van der Waals surface area contributed by atoms with Crippen LogP contribution in [0.4, 0.5) is 5.69 Å². The van der Waals surface area contributed by atoms with Crippen molar-refractivity contribution in [1.29, 1.82) is 0 Å². The van der Waals surface area contributed by atoms with Crippen molar-refractivity contribution in [3.05, 3.63) is 59.7 Å². The van der Waals surface area contributed by atoms with Crippen LogP contribution in [-0.4, -0.2) is 42.8 Å². The van der Waals surface area contributed by atoms with E-state index < -0.39 is 21.9 Å². The van der Waals surface area contributed by atoms with Crippen molar-refractivity contribution in [2.45, 2.75) is 43.0 Å². The molecule has 154 valence electrons. The molecule has 7 nitrogen and oxygen atoms in total. The molecule has 29 heavy (non-hydrogen) atoms. The third-order valence-corrected chi connectivity index (χ3v) is 7.20. The maximum Gasteiger partial charge on any atom is 0.336 e. The van der Waals surface area contributed by atoms with Crippen LogP contribution >= 0.6 is 0 Å². The molecule has 0 saturated heterocycles. The zero-order valence-corrected chi connectivity index (χ0v) is 17.0. The quantitative estimate of drug-likeness (QED) is 0.749. The van der Waals surface area contributed by atoms with E-state index in [0.717, 1.165) is 32.1 Å². The van der Waals surface area contributed by atoms with Crippen LogP contribution in [0, 0.1) is 0 Å². The van der Waals surface area contributed by atoms with Gasteiger partial charge in [-0.2, -0.15) is 4.31 Å². The highest BCUT2D eigenvalue weighted by atomic mass is 32.2. The van der Waals surface area contributed by atoms with Crippen molar-refractivity contribution in [1.82, 2.24) is 4.31 Å². The number of rotatable bonds is 6. The summed E-state index contributed by atoms with van der Waals surface area (Å²) >= 11 is 0. The minimum Gasteiger partial charge on any atom is -0.478 e. The molecule has 0 radical (unpaired) electrons. The lowest BCUT2D eigenvalue weighted by molar-refractivity contribution is 0.0692. The number of hydrogen-bond acceptors (Lipinski definition) is 4. The topological polar surface area (TPSA) is 104 Å². The Kier molecular flexibility index (Phi) is 6.34. The molecule has 1 saturated carbocycles. The summed E-state index contributed by atoms with van der Waals surface area (Å²) in [6, 6.07) is 11.8. The summed E-state index contributed by atoms with van der Waals surface area (Å²) in [4.78, 5) is 23.9. The molecule has 2 aromatic rings. The Hall–Kier alpha value is -2.71. The van der Waals surface area contributed by atoms with Gasteiger partial charge in [-0.1, -0.05) is 31.4 Å². The van der Waals surface area contributed by atoms with Crippen molar-refractivity contribution in [2.75, 3.05) is 12.4 Å². The molecule has 1 amide bonds. The second-order valence-corrected chi connectivity index (χ2v) is 9.14. The number of carboxylic acid groups (broad SMARTS) is 1. The van der Waals surface area contributed by atoms with E-state index in [9.17, 15) is 23.1 Å². The highest BCUT2D eigenvalue weighted by Crippen LogP contribution is 2.27. The molecule has 0 atom stereocenters. The van der Waals surface area contributed by atoms with Gasteiger partial charge in [0.1, 0.15) is 0 Å². The number of nitrogens with one attached hydrogen (secondary N) is 1. The largest absolute Gasteiger partial charge is 0.478 e. The van der Waals surface area contributed by atoms with Gasteiger partial charge in [0.2, 0.25) is 10.0 Å². The number of benzene rings is 2. The van der Waals surface area contributed by atoms with Gasteiger partial charge in [-0.25, -0.2) is 13.2 Å². The average molecular weight is 416 g/mol. The first kappa shape index (κ1) is 21.0. The van der Waals surface area contributed by atoms with Crippen molar-refractivity contribution in [2.24, 2.45) is 0 Å². The number of carbonyl (C=O) groups is 2. The van der Waals surface area contributed by atoms with Gasteiger partial charge in [0, 0.05) is 18.8 Å². The van der Waals surface area contributed by atoms with Crippen LogP contribution in [0.5, 0.6) is 0 Å². The summed E-state index contributed by atoms with van der Waals surface area (Å²) in [5.41, 5.74) is 0.321. The fraction of sp³-hybridized carbons (Fsp3) is 0.333. The molecule has 1 aliphatic carbocycles. The molecule has 1 aliphatic rings. The fourth-order valence-electron chi connectivity index (χ4n) is 3.58. The SMILES string of the molecule is CN(C1CCCCC1)S(=O)(=O)c1ccc(NC(=O)c2ccccc2C(=O)O)cc1. The lowest BCUT2D eigenvalue weighted by Gasteiger charge is -2.30. The molecule has 8 heteroatoms. The van der Waals surface area contributed by atoms with E-state index in [1.54, 1.807) is 19.2 Å². The number of sulfonamides is 1. The molecular formula is C21H24N2O5S. The van der Waals surface area contributed by atoms with Crippen LogP contribution in [-0.2, 0) is 10.0 Å². The highest BCUT2D eigenvalue weighted by molar-refractivity contribution is 7.89. The number of hydrogen-bond donors (Lipinski definition) is 2. The fourth-order valence-corrected chi connectivity index (χ4v) is 5.00. The van der Waals surface area contributed by atoms with Gasteiger partial charge in [0.05, 0.1) is 16.0 Å². The summed E-state index contributed by atoms with van der Waals surface area (Å²) in [5.74, 6) is -1.76. The van der Waals surface area contributed by atoms with Gasteiger partial charge >= 0.3 is 5.97 Å². The van der Waals surface area contributed by atoms with E-state index in [1.165, 1.54) is 40.7 Å². The number of nitrogens with zero attached hydrogens (tertiary/aromatic N) is 1. The number of aromatic carboxylic acids is 1. The minimum atomic E-state index is -3.61. The van der Waals surface area contributed by atoms with Crippen molar-refractivity contribution >= 4 is 27.6 Å². The van der Waals surface area contributed by atoms with Gasteiger partial charge in [-0.3, -0.25) is 4.79 Å². The summed E-state index contributed by atoms with van der Waals surface area (Å²) < 4.78 is 27.2. The van der Waals surface area contributed by atoms with E-state index >= 15 is 0 Å². The van der Waals surface area contributed by atoms with Gasteiger partial charge in [-0.15, -0.1) is 0 Å². The monoisotopic (exact) mass is 416 g/mol. The number of anilines is 1. The van der Waals surface area contributed by atoms with E-state index in [4.69, 9.17) is 0 Å². The first-order chi connectivity index (χ1) is 13.8. The smallest absolute Gasteiger partial charge is 0.336 e. The standard InChI is InChI=1S/C21H24N2O5S/c1-23(16-7-3-2-4-8-16)29(27,28)17-13-11-15(12-14-17)22-20(24)18-9-5-6-10-19(18)21(25)26/h5-6,9-14,16H,2-4,7-8H2,1H3,(H,22,24)(H,25,26). The summed E-state index contributed by atoms with van der Waals surface area (Å²) in [6.45, 7) is 0. The zero-order chi connectivity index (χ0) is 21.0. The van der Waals surface area contributed by atoms with Gasteiger partial charge in [0.25, 0.3) is 5.91 Å². The Morgan fingerprint density at radius 2 is 1.55 bits per heavy atom. The Balaban J connectivity index is 1.75. The molecule has 0 unspecified atom stereocenters. The predicted octanol–water partition coefficient (Wildman–Crippen LogP) is 3.59. The molecule has 3 rings (SSSR count). The Morgan fingerprint density at radius 3 is 2.14 bits per heavy atom. The summed E-state index contributed by atoms with van der Waals surface area (Å²) in [5, 5.41) is 11.8. The molecule has 2 N–H and O–H groups in total. The first-order valence-corrected chi connectivity index (χ1v) is 11.0. The van der Waals surface area contributed by atoms with Gasteiger partial charge in [-0.05, 0) is 49.2 Å². The Labute approximate surface area is 170 Å². The van der Waals surface area contributed by atoms with E-state index in [2.05, 4.69) is 5.32 Å². The van der Waals surface area contributed by atoms with E-state index in [1.807, 2.05) is 0 Å². The van der Waals surface area contributed by atoms with E-state index in [0.29, 0.717) is 5.69 Å². The molecular weight excluding hydrogens is 392 g/mol. The third-order valence-electron chi connectivity index (χ3n) is 5.28. The second-order valence-electron chi connectivity index (χ2n) is 7.14. The average Bonchev–Trinajstić information content (AvgIpc) is 2.74. The molecule has 0 heterocycles. The number of carboxylic acids is 1. The summed E-state index contributed by atoms with van der Waals surface area (Å²) in [7, 11) is -2.00. The first-order valence-electron chi connectivity index (χ1n) is 9.52. The van der Waals surface area contributed by atoms with Crippen LogP contribution in [0.2, 0.25) is 0 Å². The normalized spacial score (nSPS) is 15.2. The highest BCUT2D eigenvalue weighted by Gasteiger charge is 2.29. The lowest BCUT2D eigenvalue weighted by Crippen LogP contribution is -2.38. The zero-order valence-electron chi connectivity index (χ0n) is 16.2. The minimum absolute atomic E-state index is 0.0145. The molecule has 0 aliphatic heterocycles. The summed E-state index contributed by atoms with van der Waals surface area (Å²) in [6.07, 6.45) is 4.95. The van der Waals surface area contributed by atoms with Crippen molar-refractivity contribution in [3.63, 3.8) is 0 Å². The van der Waals surface area contributed by atoms with Crippen LogP contribution in [0.1, 0.15) is 52.8 Å². The van der Waals surface area contributed by atoms with Crippen molar-refractivity contribution in [3.8, 4) is 0 Å². The molecule has 2 aromatic carbocycles. The molecule has 0 bridgehead atoms. The van der Waals surface area contributed by atoms with Crippen LogP contribution in [0.3, 0.4) is 0 Å². The van der Waals surface area contributed by atoms with Gasteiger partial charge < -0.3 is 10.4 Å². The maximum absolute atomic E-state index is 12.9. The lowest BCUT2D eigenvalue weighted by atomic mass is 9.96. The number of amides is 1. The molecule has 0 aromatic heterocycles. The van der Waals surface area contributed by atoms with Gasteiger partial charge in [0.15, 0.2) is 0 Å². The van der Waals surface area contributed by atoms with Crippen LogP contribution < -0.4 is 5.32 Å². The van der Waals surface area contributed by atoms with Crippen molar-refractivity contribution < 1.29 is 23.1 Å². The number of carbonyl (C=O) groups excluding carboxylic acids is 1.